The molecule has 0 atom stereocenters. The summed E-state index contributed by atoms with van der Waals surface area (Å²) in [5.41, 5.74) is -0.794. The van der Waals surface area contributed by atoms with Crippen molar-refractivity contribution in [3.05, 3.63) is 16.9 Å². The summed E-state index contributed by atoms with van der Waals surface area (Å²) >= 11 is 3.28. The zero-order valence-corrected chi connectivity index (χ0v) is 11.8. The number of hydrogen-bond acceptors (Lipinski definition) is 4. The highest BCUT2D eigenvalue weighted by Crippen LogP contribution is 2.32. The van der Waals surface area contributed by atoms with E-state index >= 15 is 0 Å². The van der Waals surface area contributed by atoms with Crippen LogP contribution in [0.1, 0.15) is 19.8 Å². The molecule has 1 aromatic heterocycles. The molecule has 1 aliphatic heterocycles. The summed E-state index contributed by atoms with van der Waals surface area (Å²) in [5.74, 6) is 0.0525. The Morgan fingerprint density at radius 3 is 2.47 bits per heavy atom. The van der Waals surface area contributed by atoms with Gasteiger partial charge in [-0.1, -0.05) is 0 Å². The van der Waals surface area contributed by atoms with Crippen LogP contribution < -0.4 is 0 Å². The molecule has 0 spiro atoms. The highest BCUT2D eigenvalue weighted by Gasteiger charge is 2.43. The van der Waals surface area contributed by atoms with Crippen molar-refractivity contribution in [1.29, 1.82) is 0 Å². The van der Waals surface area contributed by atoms with Gasteiger partial charge in [0.1, 0.15) is 5.54 Å². The summed E-state index contributed by atoms with van der Waals surface area (Å²) in [5, 5.41) is 4.13. The van der Waals surface area contributed by atoms with Crippen LogP contribution in [0.15, 0.2) is 16.9 Å². The van der Waals surface area contributed by atoms with E-state index in [4.69, 9.17) is 0 Å². The van der Waals surface area contributed by atoms with Crippen molar-refractivity contribution >= 4 is 31.6 Å². The minimum Gasteiger partial charge on any atom is -0.297 e. The molecule has 0 aliphatic carbocycles. The fourth-order valence-corrected chi connectivity index (χ4v) is 3.94. The molecule has 0 aromatic carbocycles. The lowest BCUT2D eigenvalue weighted by Gasteiger charge is -2.34. The number of aromatic nitrogens is 2. The topological polar surface area (TPSA) is 69.0 Å². The molecule has 94 valence electrons. The second-order valence-electron chi connectivity index (χ2n) is 4.34. The molecule has 0 bridgehead atoms. The van der Waals surface area contributed by atoms with Crippen molar-refractivity contribution in [3.63, 3.8) is 0 Å². The predicted octanol–water partition coefficient (Wildman–Crippen LogP) is 1.14. The Morgan fingerprint density at radius 1 is 1.47 bits per heavy atom. The van der Waals surface area contributed by atoms with Crippen LogP contribution in [0, 0.1) is 0 Å². The van der Waals surface area contributed by atoms with Crippen LogP contribution in [0.3, 0.4) is 0 Å². The number of Topliss-reactive ketones (excluding diaryl/α,β-unsaturated/α-hetero) is 1. The van der Waals surface area contributed by atoms with E-state index in [2.05, 4.69) is 21.0 Å². The summed E-state index contributed by atoms with van der Waals surface area (Å²) in [6.45, 7) is 1.49. The minimum atomic E-state index is -2.99. The van der Waals surface area contributed by atoms with Gasteiger partial charge in [0, 0.05) is 6.20 Å². The summed E-state index contributed by atoms with van der Waals surface area (Å²) < 4.78 is 25.3. The summed E-state index contributed by atoms with van der Waals surface area (Å²) in [4.78, 5) is 11.9. The molecule has 1 aromatic rings. The van der Waals surface area contributed by atoms with Gasteiger partial charge in [-0.15, -0.1) is 0 Å². The van der Waals surface area contributed by atoms with E-state index in [1.54, 1.807) is 17.1 Å². The minimum absolute atomic E-state index is 0.0389. The summed E-state index contributed by atoms with van der Waals surface area (Å²) in [6, 6.07) is 0. The highest BCUT2D eigenvalue weighted by atomic mass is 79.9. The van der Waals surface area contributed by atoms with Crippen LogP contribution in [0.2, 0.25) is 0 Å². The maximum absolute atomic E-state index is 11.9. The first-order chi connectivity index (χ1) is 7.86. The molecule has 0 unspecified atom stereocenters. The standard InChI is InChI=1S/C10H13BrN2O3S/c1-8(14)10(13-7-9(11)6-12-13)2-4-17(15,16)5-3-10/h6-7H,2-5H2,1H3. The molecule has 0 amide bonds. The van der Waals surface area contributed by atoms with Crippen molar-refractivity contribution in [1.82, 2.24) is 9.78 Å². The Bertz CT molecular complexity index is 536. The van der Waals surface area contributed by atoms with Crippen molar-refractivity contribution in [3.8, 4) is 0 Å². The van der Waals surface area contributed by atoms with Crippen LogP contribution >= 0.6 is 15.9 Å². The van der Waals surface area contributed by atoms with Crippen molar-refractivity contribution in [2.75, 3.05) is 11.5 Å². The first-order valence-corrected chi connectivity index (χ1v) is 7.89. The van der Waals surface area contributed by atoms with E-state index in [0.29, 0.717) is 12.8 Å². The molecule has 0 saturated carbocycles. The third-order valence-electron chi connectivity index (χ3n) is 3.30. The molecule has 0 N–H and O–H groups in total. The Kier molecular flexibility index (Phi) is 3.15. The van der Waals surface area contributed by atoms with Gasteiger partial charge >= 0.3 is 0 Å². The van der Waals surface area contributed by atoms with Crippen LogP contribution in [-0.4, -0.2) is 35.5 Å². The molecule has 1 fully saturated rings. The molecule has 17 heavy (non-hydrogen) atoms. The molecular weight excluding hydrogens is 308 g/mol. The van der Waals surface area contributed by atoms with Gasteiger partial charge in [-0.2, -0.15) is 5.10 Å². The number of sulfone groups is 1. The number of carbonyl (C=O) groups is 1. The largest absolute Gasteiger partial charge is 0.297 e. The van der Waals surface area contributed by atoms with E-state index in [-0.39, 0.29) is 17.3 Å². The molecule has 7 heteroatoms. The van der Waals surface area contributed by atoms with Gasteiger partial charge in [0.15, 0.2) is 15.6 Å². The average molecular weight is 321 g/mol. The second-order valence-corrected chi connectivity index (χ2v) is 7.56. The SMILES string of the molecule is CC(=O)C1(n2cc(Br)cn2)CCS(=O)(=O)CC1. The quantitative estimate of drug-likeness (QED) is 0.819. The van der Waals surface area contributed by atoms with Crippen molar-refractivity contribution < 1.29 is 13.2 Å². The second kappa shape index (κ2) is 4.20. The third-order valence-corrected chi connectivity index (χ3v) is 5.36. The molecule has 5 nitrogen and oxygen atoms in total. The average Bonchev–Trinajstić information content (AvgIpc) is 2.65. The lowest BCUT2D eigenvalue weighted by Crippen LogP contribution is -2.47. The lowest BCUT2D eigenvalue weighted by atomic mass is 9.88. The number of carbonyl (C=O) groups excluding carboxylic acids is 1. The maximum Gasteiger partial charge on any atom is 0.157 e. The van der Waals surface area contributed by atoms with E-state index in [9.17, 15) is 13.2 Å². The monoisotopic (exact) mass is 320 g/mol. The number of nitrogens with zero attached hydrogens (tertiary/aromatic N) is 2. The first-order valence-electron chi connectivity index (χ1n) is 5.28. The number of hydrogen-bond donors (Lipinski definition) is 0. The lowest BCUT2D eigenvalue weighted by molar-refractivity contribution is -0.126. The zero-order valence-electron chi connectivity index (χ0n) is 9.39. The molecular formula is C10H13BrN2O3S. The van der Waals surface area contributed by atoms with Crippen LogP contribution in [-0.2, 0) is 20.2 Å². The van der Waals surface area contributed by atoms with E-state index in [0.717, 1.165) is 4.47 Å². The molecule has 1 aliphatic rings. The van der Waals surface area contributed by atoms with E-state index in [1.165, 1.54) is 6.92 Å². The van der Waals surface area contributed by atoms with E-state index in [1.807, 2.05) is 0 Å². The summed E-state index contributed by atoms with van der Waals surface area (Å²) in [7, 11) is -2.99. The summed E-state index contributed by atoms with van der Waals surface area (Å²) in [6.07, 6.45) is 3.94. The van der Waals surface area contributed by atoms with Crippen molar-refractivity contribution in [2.24, 2.45) is 0 Å². The third kappa shape index (κ3) is 2.30. The first kappa shape index (κ1) is 12.8. The van der Waals surface area contributed by atoms with Crippen LogP contribution in [0.4, 0.5) is 0 Å². The Hall–Kier alpha value is -0.690. The van der Waals surface area contributed by atoms with Gasteiger partial charge in [-0.25, -0.2) is 8.42 Å². The van der Waals surface area contributed by atoms with Crippen molar-refractivity contribution in [2.45, 2.75) is 25.3 Å². The van der Waals surface area contributed by atoms with E-state index < -0.39 is 15.4 Å². The number of ketones is 1. The van der Waals surface area contributed by atoms with Gasteiger partial charge < -0.3 is 0 Å². The van der Waals surface area contributed by atoms with Gasteiger partial charge in [-0.3, -0.25) is 9.48 Å². The molecule has 0 radical (unpaired) electrons. The molecule has 2 heterocycles. The smallest absolute Gasteiger partial charge is 0.157 e. The Labute approximate surface area is 108 Å². The molecule has 1 saturated heterocycles. The van der Waals surface area contributed by atoms with Gasteiger partial charge in [-0.05, 0) is 35.7 Å². The zero-order chi connectivity index (χ0) is 12.7. The highest BCUT2D eigenvalue weighted by molar-refractivity contribution is 9.10. The number of rotatable bonds is 2. The fourth-order valence-electron chi connectivity index (χ4n) is 2.15. The van der Waals surface area contributed by atoms with Crippen LogP contribution in [0.5, 0.6) is 0 Å². The van der Waals surface area contributed by atoms with Gasteiger partial charge in [0.2, 0.25) is 0 Å². The maximum atomic E-state index is 11.9. The van der Waals surface area contributed by atoms with Crippen LogP contribution in [0.25, 0.3) is 0 Å². The number of halogens is 1. The molecule has 2 rings (SSSR count). The fraction of sp³-hybridized carbons (Fsp3) is 0.600. The van der Waals surface area contributed by atoms with Gasteiger partial charge in [0.25, 0.3) is 0 Å². The van der Waals surface area contributed by atoms with Gasteiger partial charge in [0.05, 0.1) is 22.2 Å². The Balaban J connectivity index is 2.39. The predicted molar refractivity (Wildman–Crippen MR) is 66.5 cm³/mol. The normalized spacial score (nSPS) is 22.2. The Morgan fingerprint density at radius 2 is 2.06 bits per heavy atom.